The Morgan fingerprint density at radius 1 is 1.25 bits per heavy atom. The van der Waals surface area contributed by atoms with Crippen molar-refractivity contribution in [1.29, 1.82) is 0 Å². The van der Waals surface area contributed by atoms with Gasteiger partial charge in [-0.1, -0.05) is 12.1 Å². The van der Waals surface area contributed by atoms with Crippen LogP contribution >= 0.6 is 0 Å². The molecule has 6 heteroatoms. The highest BCUT2D eigenvalue weighted by molar-refractivity contribution is 5.26. The van der Waals surface area contributed by atoms with Crippen LogP contribution < -0.4 is 5.32 Å². The molecule has 1 N–H and O–H groups in total. The van der Waals surface area contributed by atoms with E-state index < -0.39 is 11.7 Å². The van der Waals surface area contributed by atoms with E-state index in [1.54, 1.807) is 6.20 Å². The average molecular weight is 283 g/mol. The average Bonchev–Trinajstić information content (AvgIpc) is 2.81. The van der Waals surface area contributed by atoms with Crippen molar-refractivity contribution in [2.45, 2.75) is 25.7 Å². The Bertz CT molecular complexity index is 558. The Labute approximate surface area is 115 Å². The Kier molecular flexibility index (Phi) is 4.13. The minimum atomic E-state index is -4.29. The summed E-state index contributed by atoms with van der Waals surface area (Å²) in [7, 11) is 1.90. The summed E-state index contributed by atoms with van der Waals surface area (Å²) in [6, 6.07) is 5.16. The van der Waals surface area contributed by atoms with Gasteiger partial charge in [0.1, 0.15) is 5.82 Å². The van der Waals surface area contributed by atoms with Crippen molar-refractivity contribution in [3.63, 3.8) is 0 Å². The Morgan fingerprint density at radius 3 is 2.40 bits per heavy atom. The molecule has 2 rings (SSSR count). The van der Waals surface area contributed by atoms with Gasteiger partial charge in [-0.3, -0.25) is 0 Å². The van der Waals surface area contributed by atoms with E-state index in [0.717, 1.165) is 23.5 Å². The van der Waals surface area contributed by atoms with Crippen molar-refractivity contribution < 1.29 is 13.2 Å². The highest BCUT2D eigenvalue weighted by Crippen LogP contribution is 2.29. The van der Waals surface area contributed by atoms with Gasteiger partial charge in [-0.05, 0) is 24.6 Å². The Balaban J connectivity index is 1.99. The van der Waals surface area contributed by atoms with Crippen LogP contribution in [0.15, 0.2) is 36.7 Å². The zero-order chi connectivity index (χ0) is 14.8. The van der Waals surface area contributed by atoms with Crippen LogP contribution in [-0.4, -0.2) is 9.55 Å². The van der Waals surface area contributed by atoms with E-state index in [4.69, 9.17) is 0 Å². The molecule has 108 valence electrons. The number of benzene rings is 1. The number of alkyl halides is 3. The molecule has 0 amide bonds. The Hall–Kier alpha value is -1.82. The van der Waals surface area contributed by atoms with E-state index in [9.17, 15) is 13.2 Å². The van der Waals surface area contributed by atoms with E-state index in [2.05, 4.69) is 10.3 Å². The number of hydrogen-bond acceptors (Lipinski definition) is 2. The summed E-state index contributed by atoms with van der Waals surface area (Å²) in [5.74, 6) is 0.878. The third kappa shape index (κ3) is 3.39. The van der Waals surface area contributed by atoms with E-state index in [1.165, 1.54) is 12.1 Å². The smallest absolute Gasteiger partial charge is 0.337 e. The molecule has 1 atom stereocenters. The number of nitrogens with one attached hydrogen (secondary N) is 1. The monoisotopic (exact) mass is 283 g/mol. The predicted octanol–water partition coefficient (Wildman–Crippen LogP) is 3.29. The summed E-state index contributed by atoms with van der Waals surface area (Å²) in [5, 5.41) is 3.24. The first-order chi connectivity index (χ1) is 9.38. The van der Waals surface area contributed by atoms with Gasteiger partial charge in [0.05, 0.1) is 12.1 Å². The molecule has 1 aromatic carbocycles. The molecule has 0 fully saturated rings. The fraction of sp³-hybridized carbons (Fsp3) is 0.357. The van der Waals surface area contributed by atoms with E-state index >= 15 is 0 Å². The quantitative estimate of drug-likeness (QED) is 0.933. The van der Waals surface area contributed by atoms with Crippen LogP contribution in [0.5, 0.6) is 0 Å². The van der Waals surface area contributed by atoms with Crippen LogP contribution in [0.2, 0.25) is 0 Å². The minimum Gasteiger partial charge on any atom is -0.337 e. The second kappa shape index (κ2) is 5.66. The molecule has 0 aliphatic heterocycles. The molecule has 20 heavy (non-hydrogen) atoms. The molecule has 0 aliphatic carbocycles. The maximum absolute atomic E-state index is 12.5. The second-order valence-electron chi connectivity index (χ2n) is 4.68. The van der Waals surface area contributed by atoms with Crippen LogP contribution in [0, 0.1) is 0 Å². The number of aromatic nitrogens is 2. The summed E-state index contributed by atoms with van der Waals surface area (Å²) in [4.78, 5) is 4.18. The number of halogens is 3. The van der Waals surface area contributed by atoms with Crippen molar-refractivity contribution >= 4 is 0 Å². The topological polar surface area (TPSA) is 29.9 Å². The van der Waals surface area contributed by atoms with Gasteiger partial charge in [0.15, 0.2) is 0 Å². The summed E-state index contributed by atoms with van der Waals surface area (Å²) in [6.07, 6.45) is -0.734. The number of rotatable bonds is 4. The fourth-order valence-electron chi connectivity index (χ4n) is 1.89. The van der Waals surface area contributed by atoms with Gasteiger partial charge in [0.2, 0.25) is 0 Å². The van der Waals surface area contributed by atoms with Crippen molar-refractivity contribution in [3.8, 4) is 0 Å². The molecule has 0 radical (unpaired) electrons. The molecule has 0 aliphatic rings. The molecule has 0 saturated carbocycles. The van der Waals surface area contributed by atoms with Crippen molar-refractivity contribution in [3.05, 3.63) is 53.6 Å². The van der Waals surface area contributed by atoms with Gasteiger partial charge in [-0.2, -0.15) is 13.2 Å². The molecule has 0 bridgehead atoms. The van der Waals surface area contributed by atoms with Gasteiger partial charge < -0.3 is 9.88 Å². The van der Waals surface area contributed by atoms with Gasteiger partial charge in [-0.15, -0.1) is 0 Å². The molecular formula is C14H16F3N3. The molecule has 1 unspecified atom stereocenters. The van der Waals surface area contributed by atoms with E-state index in [1.807, 2.05) is 24.7 Å². The normalized spacial score (nSPS) is 13.4. The molecular weight excluding hydrogens is 267 g/mol. The highest BCUT2D eigenvalue weighted by atomic mass is 19.4. The zero-order valence-electron chi connectivity index (χ0n) is 11.3. The lowest BCUT2D eigenvalue weighted by molar-refractivity contribution is -0.137. The Morgan fingerprint density at radius 2 is 1.90 bits per heavy atom. The van der Waals surface area contributed by atoms with Crippen LogP contribution in [0.25, 0.3) is 0 Å². The van der Waals surface area contributed by atoms with Crippen molar-refractivity contribution in [1.82, 2.24) is 14.9 Å². The van der Waals surface area contributed by atoms with Crippen LogP contribution in [-0.2, 0) is 19.8 Å². The van der Waals surface area contributed by atoms with Crippen LogP contribution in [0.3, 0.4) is 0 Å². The molecule has 0 spiro atoms. The highest BCUT2D eigenvalue weighted by Gasteiger charge is 2.30. The minimum absolute atomic E-state index is 0.0472. The lowest BCUT2D eigenvalue weighted by atomic mass is 10.1. The lowest BCUT2D eigenvalue weighted by Crippen LogP contribution is -2.20. The first-order valence-corrected chi connectivity index (χ1v) is 6.24. The summed E-state index contributed by atoms with van der Waals surface area (Å²) in [6.45, 7) is 2.47. The molecule has 1 heterocycles. The largest absolute Gasteiger partial charge is 0.416 e. The third-order valence-electron chi connectivity index (χ3n) is 3.23. The van der Waals surface area contributed by atoms with Gasteiger partial charge in [0.25, 0.3) is 0 Å². The second-order valence-corrected chi connectivity index (χ2v) is 4.68. The first-order valence-electron chi connectivity index (χ1n) is 6.24. The molecule has 2 aromatic rings. The fourth-order valence-corrected chi connectivity index (χ4v) is 1.89. The first kappa shape index (κ1) is 14.6. The number of nitrogens with zero attached hydrogens (tertiary/aromatic N) is 2. The van der Waals surface area contributed by atoms with Gasteiger partial charge in [0, 0.05) is 25.5 Å². The predicted molar refractivity (Wildman–Crippen MR) is 69.9 cm³/mol. The summed E-state index contributed by atoms with van der Waals surface area (Å²) >= 11 is 0. The van der Waals surface area contributed by atoms with Gasteiger partial charge in [-0.25, -0.2) is 4.98 Å². The molecule has 1 aromatic heterocycles. The number of aryl methyl sites for hydroxylation is 1. The van der Waals surface area contributed by atoms with Crippen LogP contribution in [0.1, 0.15) is 29.9 Å². The molecule has 3 nitrogen and oxygen atoms in total. The summed E-state index contributed by atoms with van der Waals surface area (Å²) in [5.41, 5.74) is 0.185. The molecule has 0 saturated heterocycles. The maximum Gasteiger partial charge on any atom is 0.416 e. The van der Waals surface area contributed by atoms with Gasteiger partial charge >= 0.3 is 6.18 Å². The number of imidazole rings is 1. The van der Waals surface area contributed by atoms with Crippen molar-refractivity contribution in [2.24, 2.45) is 7.05 Å². The lowest BCUT2D eigenvalue weighted by Gasteiger charge is -2.15. The van der Waals surface area contributed by atoms with Crippen LogP contribution in [0.4, 0.5) is 13.2 Å². The number of hydrogen-bond donors (Lipinski definition) is 1. The van der Waals surface area contributed by atoms with Crippen molar-refractivity contribution in [2.75, 3.05) is 0 Å². The SMILES string of the molecule is CC(NCc1nccn1C)c1ccc(C(F)(F)F)cc1. The van der Waals surface area contributed by atoms with E-state index in [-0.39, 0.29) is 6.04 Å². The zero-order valence-corrected chi connectivity index (χ0v) is 11.3. The third-order valence-corrected chi connectivity index (χ3v) is 3.23. The van der Waals surface area contributed by atoms with E-state index in [0.29, 0.717) is 6.54 Å². The maximum atomic E-state index is 12.5. The summed E-state index contributed by atoms with van der Waals surface area (Å²) < 4.78 is 39.3. The standard InChI is InChI=1S/C14H16F3N3/c1-10(19-9-13-18-7-8-20(13)2)11-3-5-12(6-4-11)14(15,16)17/h3-8,10,19H,9H2,1-2H3.